The van der Waals surface area contributed by atoms with E-state index in [9.17, 15) is 104 Å². The summed E-state index contributed by atoms with van der Waals surface area (Å²) in [5, 5.41) is 156. The molecule has 49 nitrogen and oxygen atoms in total. The van der Waals surface area contributed by atoms with Crippen LogP contribution in [0, 0.1) is 5.92 Å². The number of imidazole rings is 1. The van der Waals surface area contributed by atoms with Crippen LogP contribution in [0.3, 0.4) is 0 Å². The molecule has 750 valence electrons. The summed E-state index contributed by atoms with van der Waals surface area (Å²) in [6, 6.07) is 9.42. The van der Waals surface area contributed by atoms with E-state index in [0.29, 0.717) is 123 Å². The van der Waals surface area contributed by atoms with Crippen LogP contribution in [0.4, 0.5) is 16.3 Å². The van der Waals surface area contributed by atoms with Crippen molar-refractivity contribution >= 4 is 86.9 Å². The summed E-state index contributed by atoms with van der Waals surface area (Å²) in [4.78, 5) is 128. The minimum atomic E-state index is -2.11. The highest BCUT2D eigenvalue weighted by Gasteiger charge is 2.48. The van der Waals surface area contributed by atoms with Crippen LogP contribution in [0.2, 0.25) is 0 Å². The van der Waals surface area contributed by atoms with E-state index < -0.39 is 192 Å². The van der Waals surface area contributed by atoms with Crippen LogP contribution < -0.4 is 36.6 Å². The molecule has 20 N–H and O–H groups in total. The lowest BCUT2D eigenvalue weighted by molar-refractivity contribution is -0.271. The van der Waals surface area contributed by atoms with E-state index >= 15 is 0 Å². The summed E-state index contributed by atoms with van der Waals surface area (Å²) in [6.07, 6.45) is -20.9. The Bertz CT molecular complexity index is 4080. The molecule has 8 amide bonds. The fourth-order valence-corrected chi connectivity index (χ4v) is 12.7. The number of nitrogens with one attached hydrogen (secondary N) is 6. The number of fused-ring (bicyclic) bond motifs is 3. The number of carbonyl (C=O) groups excluding carboxylic acids is 8. The molecule has 133 heavy (non-hydrogen) atoms. The number of aliphatic carboxylic acids is 1. The SMILES string of the molecule is CC(C)Cn1cnc2c(NC(=O)OCc3ccc(O[C@@H]4O[C@H](C(=O)O)[C@@H](O)[C@H](O)[C@H]4O)c(NC(=O)C(CNC(=O)CCOCCOCCOCCOCCOCCOCCOCCOCCOCCOCCOCCOCCN(C[C@H](O)[C@@H](O)[C@H](O)[C@H](O)CO)C[C@H](O)[C@@H](O)[C@H](O)[C@H](O)CO)NC(=O)CNC(=O)CNC(=O)CCCCCN4C(=O)C=CC4=O)c3)nc3ccccc3c21. The van der Waals surface area contributed by atoms with Crippen molar-refractivity contribution in [2.24, 2.45) is 5.92 Å². The zero-order chi connectivity index (χ0) is 96.8. The van der Waals surface area contributed by atoms with Gasteiger partial charge in [0.1, 0.15) is 78.9 Å². The number of carbonyl (C=O) groups is 9. The number of unbranched alkanes of at least 4 members (excludes halogenated alkanes) is 2. The molecule has 6 rings (SSSR count). The number of carboxylic acids is 1. The van der Waals surface area contributed by atoms with Crippen molar-refractivity contribution in [3.8, 4) is 5.75 Å². The molecule has 2 aromatic carbocycles. The van der Waals surface area contributed by atoms with Gasteiger partial charge in [0.25, 0.3) is 11.8 Å². The van der Waals surface area contributed by atoms with Gasteiger partial charge in [-0.05, 0) is 42.5 Å². The lowest BCUT2D eigenvalue weighted by Crippen LogP contribution is -2.61. The van der Waals surface area contributed by atoms with E-state index in [4.69, 9.17) is 81.3 Å². The van der Waals surface area contributed by atoms with Gasteiger partial charge in [0.05, 0.1) is 220 Å². The Hall–Kier alpha value is -8.99. The van der Waals surface area contributed by atoms with Crippen LogP contribution >= 0.6 is 0 Å². The monoisotopic (exact) mass is 1900 g/mol. The number of anilines is 2. The number of benzene rings is 2. The third-order valence-corrected chi connectivity index (χ3v) is 19.9. The van der Waals surface area contributed by atoms with Crippen LogP contribution in [0.5, 0.6) is 5.75 Å². The van der Waals surface area contributed by atoms with Gasteiger partial charge in [-0.1, -0.05) is 44.5 Å². The number of imide groups is 1. The van der Waals surface area contributed by atoms with Gasteiger partial charge in [0, 0.05) is 69.6 Å². The first-order chi connectivity index (χ1) is 64.0. The Labute approximate surface area is 766 Å². The van der Waals surface area contributed by atoms with Crippen LogP contribution in [0.1, 0.15) is 51.5 Å². The Morgan fingerprint density at radius 2 is 1.00 bits per heavy atom. The number of aliphatic hydroxyl groups is 13. The Balaban J connectivity index is 0.819. The van der Waals surface area contributed by atoms with Crippen molar-refractivity contribution in [1.29, 1.82) is 0 Å². The first-order valence-corrected chi connectivity index (χ1v) is 43.7. The molecule has 4 aromatic rings. The van der Waals surface area contributed by atoms with E-state index in [1.807, 2.05) is 30.5 Å². The number of nitrogens with zero attached hydrogens (tertiary/aromatic N) is 5. The fourth-order valence-electron chi connectivity index (χ4n) is 12.7. The molecule has 0 bridgehead atoms. The van der Waals surface area contributed by atoms with E-state index in [0.717, 1.165) is 15.8 Å². The second-order valence-electron chi connectivity index (χ2n) is 30.7. The minimum absolute atomic E-state index is 0.00198. The lowest BCUT2D eigenvalue weighted by atomic mass is 9.99. The highest BCUT2D eigenvalue weighted by molar-refractivity contribution is 6.13. The molecule has 0 spiro atoms. The molecule has 0 aliphatic carbocycles. The Morgan fingerprint density at radius 3 is 1.50 bits per heavy atom. The summed E-state index contributed by atoms with van der Waals surface area (Å²) in [5.41, 5.74) is 1.53. The van der Waals surface area contributed by atoms with E-state index in [-0.39, 0.29) is 127 Å². The van der Waals surface area contributed by atoms with Gasteiger partial charge in [-0.3, -0.25) is 48.7 Å². The topological polar surface area (TPSA) is 685 Å². The molecular weight excluding hydrogens is 1770 g/mol. The maximum atomic E-state index is 14.5. The van der Waals surface area contributed by atoms with E-state index in [1.54, 1.807) is 18.5 Å². The highest BCUT2D eigenvalue weighted by atomic mass is 16.7. The number of hydrogen-bond acceptors (Lipinski definition) is 40. The second kappa shape index (κ2) is 64.1. The molecule has 49 heteroatoms. The molecule has 14 atom stereocenters. The molecule has 0 radical (unpaired) electrons. The van der Waals surface area contributed by atoms with Gasteiger partial charge in [-0.25, -0.2) is 19.6 Å². The number of carboxylic acid groups (broad SMARTS) is 1. The number of rotatable bonds is 74. The number of amides is 8. The molecule has 2 aliphatic heterocycles. The standard InChI is InChI=1S/C84H131N11O38/c1-53(2)46-94-52-88-70-71(94)55-8-5-6-9-56(55)90-80(70)92-84(118)131-51-54-11-12-63(132-83-78(114)76(112)77(113)79(133-83)82(116)117)57(42-54)91-81(115)58(89-67(105)45-87-66(104)44-86-64(102)10-4-3-7-16-95-68(106)13-14-69(95)107)43-85-65(103)15-18-119-20-22-121-24-26-123-28-30-125-32-34-127-36-38-129-40-41-130-39-37-128-35-33-126-31-29-124-27-25-122-23-21-120-19-17-93(47-59(98)72(108)74(110)61(100)49-96)48-60(99)73(109)75(111)62(101)50-97/h5-6,8-9,11-14,42,52-53,58-62,72-79,83,96-101,108-114H,3-4,7,10,15-41,43-51H2,1-2H3,(H,85,103)(H,86,102)(H,87,104)(H,89,105)(H,91,115)(H,116,117)(H,90,92,118)/t58?,59-,60-,61+,62+,72+,73+,74+,75+,76-,77-,78+,79-,83+/m0/s1. The van der Waals surface area contributed by atoms with Gasteiger partial charge in [-0.15, -0.1) is 0 Å². The van der Waals surface area contributed by atoms with Gasteiger partial charge < -0.3 is 174 Å². The van der Waals surface area contributed by atoms with Crippen molar-refractivity contribution in [3.05, 3.63) is 66.5 Å². The maximum absolute atomic E-state index is 14.5. The normalized spacial score (nSPS) is 17.8. The van der Waals surface area contributed by atoms with Crippen molar-refractivity contribution in [2.75, 3.05) is 228 Å². The van der Waals surface area contributed by atoms with Gasteiger partial charge in [0.2, 0.25) is 35.8 Å². The zero-order valence-electron chi connectivity index (χ0n) is 74.5. The Morgan fingerprint density at radius 1 is 0.526 bits per heavy atom. The number of hydrogen-bond donors (Lipinski definition) is 20. The summed E-state index contributed by atoms with van der Waals surface area (Å²) in [6.45, 7) is 5.91. The third-order valence-electron chi connectivity index (χ3n) is 19.9. The fraction of sp³-hybridized carbons (Fsp3) is 0.679. The quantitative estimate of drug-likeness (QED) is 0.0144. The average molecular weight is 1900 g/mol. The summed E-state index contributed by atoms with van der Waals surface area (Å²) in [5.74, 6) is -6.59. The van der Waals surface area contributed by atoms with Crippen molar-refractivity contribution in [1.82, 2.24) is 45.6 Å². The van der Waals surface area contributed by atoms with Crippen LogP contribution in [-0.4, -0.2) is 452 Å². The smallest absolute Gasteiger partial charge is 0.413 e. The average Bonchev–Trinajstić information content (AvgIpc) is 1.63. The molecule has 2 aromatic heterocycles. The van der Waals surface area contributed by atoms with Crippen LogP contribution in [0.15, 0.2) is 60.9 Å². The van der Waals surface area contributed by atoms with Crippen molar-refractivity contribution in [3.63, 3.8) is 0 Å². The number of ether oxygens (including phenoxy) is 15. The third kappa shape index (κ3) is 42.4. The number of para-hydroxylation sites is 1. The van der Waals surface area contributed by atoms with E-state index in [1.165, 1.54) is 35.3 Å². The number of pyridine rings is 1. The summed E-state index contributed by atoms with van der Waals surface area (Å²) < 4.78 is 85.2. The maximum Gasteiger partial charge on any atom is 0.413 e. The lowest BCUT2D eigenvalue weighted by Gasteiger charge is -2.38. The van der Waals surface area contributed by atoms with Gasteiger partial charge >= 0.3 is 12.1 Å². The molecule has 1 saturated heterocycles. The Kier molecular flexibility index (Phi) is 54.3. The van der Waals surface area contributed by atoms with Crippen molar-refractivity contribution < 1.29 is 186 Å². The first kappa shape index (κ1) is 113. The number of aromatic nitrogens is 3. The second-order valence-corrected chi connectivity index (χ2v) is 30.7. The first-order valence-electron chi connectivity index (χ1n) is 43.7. The highest BCUT2D eigenvalue weighted by Crippen LogP contribution is 2.33. The molecule has 1 unspecified atom stereocenters. The van der Waals surface area contributed by atoms with Crippen LogP contribution in [-0.2, 0) is 118 Å². The molecule has 4 heterocycles. The van der Waals surface area contributed by atoms with E-state index in [2.05, 4.69) is 41.9 Å². The van der Waals surface area contributed by atoms with Crippen LogP contribution in [0.25, 0.3) is 21.9 Å². The molecule has 2 aliphatic rings. The van der Waals surface area contributed by atoms with Gasteiger partial charge in [-0.2, -0.15) is 0 Å². The summed E-state index contributed by atoms with van der Waals surface area (Å²) >= 11 is 0. The molecular formula is C84H131N11O38. The summed E-state index contributed by atoms with van der Waals surface area (Å²) in [7, 11) is 0. The predicted molar refractivity (Wildman–Crippen MR) is 462 cm³/mol. The van der Waals surface area contributed by atoms with Crippen molar-refractivity contribution in [2.45, 2.75) is 145 Å². The largest absolute Gasteiger partial charge is 0.479 e. The number of aliphatic hydroxyl groups excluding tert-OH is 13. The van der Waals surface area contributed by atoms with Gasteiger partial charge in [0.15, 0.2) is 11.9 Å². The zero-order valence-corrected chi connectivity index (χ0v) is 74.5. The predicted octanol–water partition coefficient (Wildman–Crippen LogP) is -6.72. The molecule has 1 fully saturated rings. The molecule has 0 saturated carbocycles. The minimum Gasteiger partial charge on any atom is -0.479 e.